The number of carbonyl (C=O) groups excluding carboxylic acids is 1. The molecule has 0 bridgehead atoms. The monoisotopic (exact) mass is 285 g/mol. The van der Waals surface area contributed by atoms with Crippen LogP contribution in [0.3, 0.4) is 0 Å². The van der Waals surface area contributed by atoms with Crippen molar-refractivity contribution in [2.45, 2.75) is 32.7 Å². The Balaban J connectivity index is 1.82. The van der Waals surface area contributed by atoms with Gasteiger partial charge < -0.3 is 10.2 Å². The van der Waals surface area contributed by atoms with Crippen LogP contribution in [-0.4, -0.2) is 36.5 Å². The number of rotatable bonds is 4. The number of amides is 1. The van der Waals surface area contributed by atoms with Gasteiger partial charge in [-0.2, -0.15) is 5.26 Å². The smallest absolute Gasteiger partial charge is 0.251 e. The Morgan fingerprint density at radius 3 is 2.48 bits per heavy atom. The Kier molecular flexibility index (Phi) is 5.35. The molecule has 1 amide bonds. The molecule has 1 saturated heterocycles. The Labute approximate surface area is 126 Å². The largest absolute Gasteiger partial charge is 0.349 e. The zero-order chi connectivity index (χ0) is 15.2. The number of hydrogen-bond acceptors (Lipinski definition) is 3. The van der Waals surface area contributed by atoms with Crippen molar-refractivity contribution in [3.8, 4) is 6.07 Å². The summed E-state index contributed by atoms with van der Waals surface area (Å²) in [4.78, 5) is 14.6. The van der Waals surface area contributed by atoms with E-state index in [4.69, 9.17) is 5.26 Å². The van der Waals surface area contributed by atoms with Crippen molar-refractivity contribution in [1.29, 1.82) is 5.26 Å². The summed E-state index contributed by atoms with van der Waals surface area (Å²) < 4.78 is 0. The van der Waals surface area contributed by atoms with E-state index in [1.807, 2.05) is 0 Å². The molecule has 0 saturated carbocycles. The van der Waals surface area contributed by atoms with Crippen molar-refractivity contribution in [3.63, 3.8) is 0 Å². The molecule has 1 aromatic carbocycles. The summed E-state index contributed by atoms with van der Waals surface area (Å²) in [5.41, 5.74) is 1.20. The zero-order valence-electron chi connectivity index (χ0n) is 12.8. The number of nitrogens with zero attached hydrogens (tertiary/aromatic N) is 2. The van der Waals surface area contributed by atoms with Gasteiger partial charge >= 0.3 is 0 Å². The predicted octanol–water partition coefficient (Wildman–Crippen LogP) is 2.41. The lowest BCUT2D eigenvalue weighted by molar-refractivity contribution is 0.0907. The van der Waals surface area contributed by atoms with E-state index in [2.05, 4.69) is 30.1 Å². The number of hydrogen-bond donors (Lipinski definition) is 1. The molecule has 0 aliphatic carbocycles. The molecule has 1 aliphatic heterocycles. The summed E-state index contributed by atoms with van der Waals surface area (Å²) >= 11 is 0. The molecule has 1 N–H and O–H groups in total. The Bertz CT molecular complexity index is 508. The molecule has 1 aliphatic rings. The second-order valence-electron chi connectivity index (χ2n) is 6.13. The van der Waals surface area contributed by atoms with Crippen LogP contribution in [0, 0.1) is 17.2 Å². The Morgan fingerprint density at radius 1 is 1.33 bits per heavy atom. The molecule has 112 valence electrons. The van der Waals surface area contributed by atoms with E-state index >= 15 is 0 Å². The fraction of sp³-hybridized carbons (Fsp3) is 0.529. The van der Waals surface area contributed by atoms with E-state index in [1.165, 1.54) is 0 Å². The minimum absolute atomic E-state index is 0.0400. The molecule has 1 fully saturated rings. The lowest BCUT2D eigenvalue weighted by atomic mass is 10.0. The van der Waals surface area contributed by atoms with Gasteiger partial charge in [-0.15, -0.1) is 0 Å². The molecular formula is C17H23N3O. The van der Waals surface area contributed by atoms with Crippen molar-refractivity contribution in [1.82, 2.24) is 10.2 Å². The van der Waals surface area contributed by atoms with Crippen molar-refractivity contribution in [3.05, 3.63) is 35.4 Å². The lowest BCUT2D eigenvalue weighted by Gasteiger charge is -2.33. The van der Waals surface area contributed by atoms with Crippen LogP contribution in [0.1, 0.15) is 42.6 Å². The molecule has 0 radical (unpaired) electrons. The number of likely N-dealkylation sites (tertiary alicyclic amines) is 1. The van der Waals surface area contributed by atoms with Gasteiger partial charge in [-0.3, -0.25) is 4.79 Å². The summed E-state index contributed by atoms with van der Waals surface area (Å²) in [7, 11) is 0. The second kappa shape index (κ2) is 7.24. The lowest BCUT2D eigenvalue weighted by Crippen LogP contribution is -2.45. The van der Waals surface area contributed by atoms with Crippen LogP contribution in [0.5, 0.6) is 0 Å². The van der Waals surface area contributed by atoms with Gasteiger partial charge in [-0.25, -0.2) is 0 Å². The average Bonchev–Trinajstić information content (AvgIpc) is 2.49. The number of nitrogens with one attached hydrogen (secondary N) is 1. The van der Waals surface area contributed by atoms with Gasteiger partial charge in [-0.1, -0.05) is 13.8 Å². The highest BCUT2D eigenvalue weighted by Crippen LogP contribution is 2.13. The third-order valence-corrected chi connectivity index (χ3v) is 3.82. The summed E-state index contributed by atoms with van der Waals surface area (Å²) in [6.45, 7) is 7.71. The van der Waals surface area contributed by atoms with E-state index in [-0.39, 0.29) is 11.9 Å². The minimum Gasteiger partial charge on any atom is -0.349 e. The molecule has 0 unspecified atom stereocenters. The maximum Gasteiger partial charge on any atom is 0.251 e. The van der Waals surface area contributed by atoms with Gasteiger partial charge in [0.05, 0.1) is 11.6 Å². The normalized spacial score (nSPS) is 16.7. The standard InChI is InChI=1S/C17H23N3O/c1-13(2)12-20-9-7-16(8-10-20)19-17(21)15-5-3-14(11-18)4-6-15/h3-6,13,16H,7-10,12H2,1-2H3,(H,19,21). The van der Waals surface area contributed by atoms with Crippen LogP contribution in [0.25, 0.3) is 0 Å². The summed E-state index contributed by atoms with van der Waals surface area (Å²) in [5, 5.41) is 11.9. The van der Waals surface area contributed by atoms with Crippen LogP contribution in [-0.2, 0) is 0 Å². The van der Waals surface area contributed by atoms with E-state index in [0.29, 0.717) is 17.0 Å². The highest BCUT2D eigenvalue weighted by molar-refractivity contribution is 5.94. The molecule has 21 heavy (non-hydrogen) atoms. The van der Waals surface area contributed by atoms with Crippen LogP contribution in [0.15, 0.2) is 24.3 Å². The van der Waals surface area contributed by atoms with E-state index < -0.39 is 0 Å². The molecule has 4 heteroatoms. The van der Waals surface area contributed by atoms with E-state index in [0.717, 1.165) is 32.5 Å². The highest BCUT2D eigenvalue weighted by atomic mass is 16.1. The van der Waals surface area contributed by atoms with Crippen molar-refractivity contribution in [2.75, 3.05) is 19.6 Å². The quantitative estimate of drug-likeness (QED) is 0.924. The summed E-state index contributed by atoms with van der Waals surface area (Å²) in [6.07, 6.45) is 2.02. The highest BCUT2D eigenvalue weighted by Gasteiger charge is 2.21. The van der Waals surface area contributed by atoms with Gasteiger partial charge in [-0.05, 0) is 43.0 Å². The number of benzene rings is 1. The van der Waals surface area contributed by atoms with Gasteiger partial charge in [0.15, 0.2) is 0 Å². The first-order valence-electron chi connectivity index (χ1n) is 7.62. The van der Waals surface area contributed by atoms with Gasteiger partial charge in [0.1, 0.15) is 0 Å². The van der Waals surface area contributed by atoms with E-state index in [9.17, 15) is 4.79 Å². The predicted molar refractivity (Wildman–Crippen MR) is 82.9 cm³/mol. The molecule has 0 atom stereocenters. The molecule has 0 aromatic heterocycles. The maximum atomic E-state index is 12.2. The van der Waals surface area contributed by atoms with Crippen LogP contribution in [0.2, 0.25) is 0 Å². The number of carbonyl (C=O) groups is 1. The zero-order valence-corrected chi connectivity index (χ0v) is 12.8. The fourth-order valence-electron chi connectivity index (χ4n) is 2.74. The first-order valence-corrected chi connectivity index (χ1v) is 7.62. The molecule has 1 heterocycles. The van der Waals surface area contributed by atoms with E-state index in [1.54, 1.807) is 24.3 Å². The van der Waals surface area contributed by atoms with Crippen LogP contribution < -0.4 is 5.32 Å². The van der Waals surface area contributed by atoms with Gasteiger partial charge in [0.2, 0.25) is 0 Å². The molecule has 0 spiro atoms. The third kappa shape index (κ3) is 4.57. The maximum absolute atomic E-state index is 12.2. The first-order chi connectivity index (χ1) is 10.1. The summed E-state index contributed by atoms with van der Waals surface area (Å²) in [5.74, 6) is 0.650. The number of nitriles is 1. The Morgan fingerprint density at radius 2 is 1.95 bits per heavy atom. The first kappa shape index (κ1) is 15.5. The topological polar surface area (TPSA) is 56.1 Å². The minimum atomic E-state index is -0.0400. The SMILES string of the molecule is CC(C)CN1CCC(NC(=O)c2ccc(C#N)cc2)CC1. The van der Waals surface area contributed by atoms with Gasteiger partial charge in [0.25, 0.3) is 5.91 Å². The van der Waals surface area contributed by atoms with Crippen molar-refractivity contribution in [2.24, 2.45) is 5.92 Å². The fourth-order valence-corrected chi connectivity index (χ4v) is 2.74. The molecule has 1 aromatic rings. The molecule has 4 nitrogen and oxygen atoms in total. The van der Waals surface area contributed by atoms with Crippen molar-refractivity contribution >= 4 is 5.91 Å². The van der Waals surface area contributed by atoms with Crippen molar-refractivity contribution < 1.29 is 4.79 Å². The Hall–Kier alpha value is -1.86. The van der Waals surface area contributed by atoms with Crippen LogP contribution >= 0.6 is 0 Å². The second-order valence-corrected chi connectivity index (χ2v) is 6.13. The average molecular weight is 285 g/mol. The number of piperidine rings is 1. The van der Waals surface area contributed by atoms with Gasteiger partial charge in [0, 0.05) is 31.2 Å². The molecular weight excluding hydrogens is 262 g/mol. The van der Waals surface area contributed by atoms with Crippen LogP contribution in [0.4, 0.5) is 0 Å². The third-order valence-electron chi connectivity index (χ3n) is 3.82. The summed E-state index contributed by atoms with van der Waals surface area (Å²) in [6, 6.07) is 9.10. The molecule has 2 rings (SSSR count).